The van der Waals surface area contributed by atoms with Crippen LogP contribution in [0, 0.1) is 0 Å². The number of fused-ring (bicyclic) bond motifs is 3. The molecule has 0 N–H and O–H groups in total. The second-order valence-corrected chi connectivity index (χ2v) is 20.8. The van der Waals surface area contributed by atoms with Crippen LogP contribution in [0.2, 0.25) is 0 Å². The van der Waals surface area contributed by atoms with Gasteiger partial charge in [-0.05, 0) is 0 Å². The van der Waals surface area contributed by atoms with Crippen LogP contribution >= 0.6 is 0 Å². The molecule has 0 aromatic heterocycles. The molecule has 0 aliphatic heterocycles. The summed E-state index contributed by atoms with van der Waals surface area (Å²) in [6.45, 7) is 14.2. The number of hydrogen-bond acceptors (Lipinski definition) is 0. The van der Waals surface area contributed by atoms with Gasteiger partial charge in [0.1, 0.15) is 0 Å². The van der Waals surface area contributed by atoms with Gasteiger partial charge in [-0.3, -0.25) is 0 Å². The van der Waals surface area contributed by atoms with Crippen molar-refractivity contribution in [3.05, 3.63) is 110 Å². The van der Waals surface area contributed by atoms with E-state index in [2.05, 4.69) is 120 Å². The summed E-state index contributed by atoms with van der Waals surface area (Å²) in [6.07, 6.45) is 13.3. The average Bonchev–Trinajstić information content (AvgIpc) is 3.52. The van der Waals surface area contributed by atoms with Gasteiger partial charge in [0.25, 0.3) is 0 Å². The molecule has 0 nitrogen and oxygen atoms in total. The third-order valence-corrected chi connectivity index (χ3v) is 17.8. The molecule has 3 heteroatoms. The van der Waals surface area contributed by atoms with Crippen LogP contribution in [-0.4, -0.2) is 3.21 Å². The molecule has 0 amide bonds. The van der Waals surface area contributed by atoms with Crippen molar-refractivity contribution < 1.29 is 46.1 Å². The summed E-state index contributed by atoms with van der Waals surface area (Å²) in [5.74, 6) is 0. The fourth-order valence-electron chi connectivity index (χ4n) is 6.91. The standard InChI is InChI=1S/C21H25.C11H9.C6H10.2ClH.Zr/c1-20(2,3)16-7-9-18-14(12-16)11-15-13-17(21(4,5)6)8-10-19(15)18;1-2-6-10(7-3-1)11-8-4-5-9-11;1-2-4-6-5-3-1;;;/h7-13H,1-6H3;1-3,6-9H,4H2;1-5H2;2*1H;/q;;;;;+2/p-2. The molecule has 0 atom stereocenters. The summed E-state index contributed by atoms with van der Waals surface area (Å²) in [4.78, 5) is 0. The van der Waals surface area contributed by atoms with Crippen molar-refractivity contribution in [2.45, 2.75) is 94.5 Å². The van der Waals surface area contributed by atoms with Crippen molar-refractivity contribution in [3.63, 3.8) is 0 Å². The average molecular weight is 663 g/mol. The first-order chi connectivity index (χ1) is 18.6. The Labute approximate surface area is 268 Å². The summed E-state index contributed by atoms with van der Waals surface area (Å²) >= 11 is -2.29. The quantitative estimate of drug-likeness (QED) is 0.388. The number of rotatable bonds is 3. The van der Waals surface area contributed by atoms with Crippen molar-refractivity contribution in [3.8, 4) is 11.1 Å². The van der Waals surface area contributed by atoms with Gasteiger partial charge < -0.3 is 24.8 Å². The van der Waals surface area contributed by atoms with Gasteiger partial charge in [-0.1, -0.05) is 0 Å². The maximum Gasteiger partial charge on any atom is -1.00 e. The monoisotopic (exact) mass is 660 g/mol. The Balaban J connectivity index is 0.00000194. The smallest absolute Gasteiger partial charge is 1.00 e. The normalized spacial score (nSPS) is 16.5. The minimum absolute atomic E-state index is 0. The fourth-order valence-corrected chi connectivity index (χ4v) is 16.4. The first kappa shape index (κ1) is 32.4. The van der Waals surface area contributed by atoms with E-state index >= 15 is 0 Å². The van der Waals surface area contributed by atoms with E-state index < -0.39 is 21.3 Å². The molecule has 0 unspecified atom stereocenters. The predicted octanol–water partition coefficient (Wildman–Crippen LogP) is 4.49. The van der Waals surface area contributed by atoms with Crippen molar-refractivity contribution >= 4 is 8.78 Å². The third kappa shape index (κ3) is 6.39. The third-order valence-electron chi connectivity index (χ3n) is 9.20. The van der Waals surface area contributed by atoms with Gasteiger partial charge in [0.2, 0.25) is 0 Å². The van der Waals surface area contributed by atoms with Crippen molar-refractivity contribution in [1.82, 2.24) is 0 Å². The van der Waals surface area contributed by atoms with Gasteiger partial charge in [-0.25, -0.2) is 0 Å². The minimum atomic E-state index is -2.29. The van der Waals surface area contributed by atoms with E-state index in [-0.39, 0.29) is 35.6 Å². The van der Waals surface area contributed by atoms with Crippen LogP contribution in [0.3, 0.4) is 0 Å². The van der Waals surface area contributed by atoms with E-state index in [1.807, 2.05) is 6.49 Å². The van der Waals surface area contributed by atoms with Gasteiger partial charge in [-0.15, -0.1) is 0 Å². The van der Waals surface area contributed by atoms with Crippen molar-refractivity contribution in [1.29, 1.82) is 0 Å². The van der Waals surface area contributed by atoms with Gasteiger partial charge in [0.15, 0.2) is 0 Å². The molecular formula is C38H44Cl2Zr. The zero-order valence-electron chi connectivity index (χ0n) is 25.6. The second-order valence-electron chi connectivity index (χ2n) is 14.0. The molecule has 41 heavy (non-hydrogen) atoms. The summed E-state index contributed by atoms with van der Waals surface area (Å²) in [5, 5.41) is 0. The molecule has 0 radical (unpaired) electrons. The topological polar surface area (TPSA) is 0 Å². The molecule has 3 aromatic carbocycles. The van der Waals surface area contributed by atoms with E-state index in [0.29, 0.717) is 3.63 Å². The first-order valence-electron chi connectivity index (χ1n) is 15.1. The molecule has 6 rings (SSSR count). The van der Waals surface area contributed by atoms with E-state index in [4.69, 9.17) is 0 Å². The molecular weight excluding hydrogens is 619 g/mol. The summed E-state index contributed by atoms with van der Waals surface area (Å²) in [6, 6.07) is 26.1. The number of benzene rings is 3. The maximum atomic E-state index is 2.64. The molecule has 0 spiro atoms. The predicted molar refractivity (Wildman–Crippen MR) is 166 cm³/mol. The van der Waals surface area contributed by atoms with Gasteiger partial charge in [0, 0.05) is 0 Å². The zero-order valence-corrected chi connectivity index (χ0v) is 29.6. The summed E-state index contributed by atoms with van der Waals surface area (Å²) in [7, 11) is 0. The summed E-state index contributed by atoms with van der Waals surface area (Å²) in [5.41, 5.74) is 12.4. The van der Waals surface area contributed by atoms with Gasteiger partial charge >= 0.3 is 246 Å². The molecule has 0 bridgehead atoms. The molecule has 3 aliphatic rings. The van der Waals surface area contributed by atoms with E-state index in [0.717, 1.165) is 6.42 Å². The fraction of sp³-hybridized carbons (Fsp3) is 0.395. The van der Waals surface area contributed by atoms with Crippen LogP contribution in [0.4, 0.5) is 0 Å². The van der Waals surface area contributed by atoms with E-state index in [1.165, 1.54) is 65.5 Å². The van der Waals surface area contributed by atoms with Crippen LogP contribution in [0.25, 0.3) is 16.7 Å². The Morgan fingerprint density at radius 1 is 0.659 bits per heavy atom. The van der Waals surface area contributed by atoms with Crippen molar-refractivity contribution in [2.75, 3.05) is 0 Å². The molecule has 214 valence electrons. The minimum Gasteiger partial charge on any atom is -1.00 e. The van der Waals surface area contributed by atoms with Crippen LogP contribution in [0.15, 0.2) is 82.2 Å². The van der Waals surface area contributed by atoms with Crippen LogP contribution in [0.5, 0.6) is 0 Å². The molecule has 0 heterocycles. The van der Waals surface area contributed by atoms with Gasteiger partial charge in [-0.2, -0.15) is 0 Å². The van der Waals surface area contributed by atoms with Gasteiger partial charge in [0.05, 0.1) is 0 Å². The number of allylic oxidation sites excluding steroid dienone is 4. The Morgan fingerprint density at radius 2 is 1.20 bits per heavy atom. The molecule has 0 saturated heterocycles. The molecule has 3 aliphatic carbocycles. The Bertz CT molecular complexity index is 1440. The zero-order chi connectivity index (χ0) is 27.4. The summed E-state index contributed by atoms with van der Waals surface area (Å²) < 4.78 is 4.40. The molecule has 3 aromatic rings. The Morgan fingerprint density at radius 3 is 1.71 bits per heavy atom. The van der Waals surface area contributed by atoms with Crippen LogP contribution in [0.1, 0.15) is 112 Å². The first-order valence-corrected chi connectivity index (χ1v) is 19.0. The van der Waals surface area contributed by atoms with Crippen LogP contribution < -0.4 is 24.8 Å². The number of halogens is 2. The Hall–Kier alpha value is -1.53. The van der Waals surface area contributed by atoms with E-state index in [9.17, 15) is 0 Å². The second kappa shape index (κ2) is 12.6. The number of hydrogen-bond donors (Lipinski definition) is 0. The van der Waals surface area contributed by atoms with Crippen molar-refractivity contribution in [2.24, 2.45) is 0 Å². The van der Waals surface area contributed by atoms with Crippen LogP contribution in [-0.2, 0) is 32.1 Å². The SMILES string of the molecule is CC(C)(C)c1ccc2c(c1)[CH]([Zr+2]([C]1=CC(c3ccccc3)=CC1)=[C]1CCCCC1)c1cc(C(C)(C)C)ccc1-2.[Cl-].[Cl-]. The molecule has 1 saturated carbocycles. The Kier molecular flexibility index (Phi) is 9.96. The van der Waals surface area contributed by atoms with E-state index in [1.54, 1.807) is 11.1 Å². The molecule has 1 fully saturated rings. The largest absolute Gasteiger partial charge is 1.00 e. The maximum absolute atomic E-state index is 2.64.